The van der Waals surface area contributed by atoms with Crippen LogP contribution in [0.15, 0.2) is 48.5 Å². The van der Waals surface area contributed by atoms with E-state index < -0.39 is 0 Å². The molecule has 0 bridgehead atoms. The monoisotopic (exact) mass is 432 g/mol. The second kappa shape index (κ2) is 12.2. The summed E-state index contributed by atoms with van der Waals surface area (Å²) in [6.07, 6.45) is 0.809. The lowest BCUT2D eigenvalue weighted by Gasteiger charge is -2.34. The summed E-state index contributed by atoms with van der Waals surface area (Å²) >= 11 is 0. The van der Waals surface area contributed by atoms with Gasteiger partial charge in [-0.3, -0.25) is 9.59 Å². The zero-order chi connectivity index (χ0) is 22.8. The largest absolute Gasteiger partial charge is 0.568 e. The van der Waals surface area contributed by atoms with Crippen molar-refractivity contribution in [3.8, 4) is 11.5 Å². The molecule has 10 heteroatoms. The van der Waals surface area contributed by atoms with Crippen molar-refractivity contribution in [3.63, 3.8) is 0 Å². The van der Waals surface area contributed by atoms with Crippen LogP contribution in [0.2, 0.25) is 0 Å². The van der Waals surface area contributed by atoms with Crippen molar-refractivity contribution in [2.75, 3.05) is 49.9 Å². The predicted molar refractivity (Wildman–Crippen MR) is 125 cm³/mol. The molecule has 8 nitrogen and oxygen atoms in total. The van der Waals surface area contributed by atoms with Crippen molar-refractivity contribution >= 4 is 39.3 Å². The Balaban J connectivity index is 1.31. The minimum atomic E-state index is -0.0534. The van der Waals surface area contributed by atoms with Crippen molar-refractivity contribution in [1.29, 1.82) is 0 Å². The summed E-state index contributed by atoms with van der Waals surface area (Å²) < 4.78 is 9.35. The molecule has 1 heterocycles. The molecule has 1 aliphatic rings. The van der Waals surface area contributed by atoms with Gasteiger partial charge in [-0.25, -0.2) is 0 Å². The van der Waals surface area contributed by atoms with E-state index in [9.17, 15) is 9.59 Å². The van der Waals surface area contributed by atoms with Gasteiger partial charge in [0.05, 0.1) is 11.5 Å². The van der Waals surface area contributed by atoms with Crippen LogP contribution in [0, 0.1) is 0 Å². The standard InChI is InChI=1S/C22H26B2N4O4/c23-31-19-5-1-3-17(15-19)25-21(29)7-9-27-11-13-28(14-12-27)10-8-22(30)26-18-4-2-6-20(16-18)32-24/h1-6,15-16H,7-14H2,(H,25,29)(H,26,30). The first-order valence-corrected chi connectivity index (χ1v) is 10.5. The van der Waals surface area contributed by atoms with Gasteiger partial charge in [0.1, 0.15) is 0 Å². The number of hydrogen-bond donors (Lipinski definition) is 2. The first kappa shape index (κ1) is 23.7. The molecule has 2 amide bonds. The van der Waals surface area contributed by atoms with Gasteiger partial charge >= 0.3 is 16.1 Å². The number of carbonyl (C=O) groups is 2. The molecule has 2 aromatic rings. The molecular formula is C22H26B2N4O4. The van der Waals surface area contributed by atoms with Gasteiger partial charge in [0, 0.05) is 75.6 Å². The number of benzene rings is 2. The van der Waals surface area contributed by atoms with Crippen LogP contribution in [0.25, 0.3) is 0 Å². The average molecular weight is 432 g/mol. The van der Waals surface area contributed by atoms with Crippen LogP contribution in [0.3, 0.4) is 0 Å². The summed E-state index contributed by atoms with van der Waals surface area (Å²) in [7, 11) is 10.3. The van der Waals surface area contributed by atoms with Gasteiger partial charge in [0.25, 0.3) is 0 Å². The minimum Gasteiger partial charge on any atom is -0.568 e. The second-order valence-corrected chi connectivity index (χ2v) is 7.57. The highest BCUT2D eigenvalue weighted by Gasteiger charge is 2.18. The summed E-state index contributed by atoms with van der Waals surface area (Å²) in [5, 5.41) is 5.71. The second-order valence-electron chi connectivity index (χ2n) is 7.57. The molecule has 1 fully saturated rings. The summed E-state index contributed by atoms with van der Waals surface area (Å²) in [5.74, 6) is 0.876. The van der Waals surface area contributed by atoms with Crippen LogP contribution in [0.4, 0.5) is 11.4 Å². The van der Waals surface area contributed by atoms with Gasteiger partial charge in [-0.15, -0.1) is 0 Å². The highest BCUT2D eigenvalue weighted by Crippen LogP contribution is 2.18. The Bertz CT molecular complexity index is 834. The quantitative estimate of drug-likeness (QED) is 0.556. The van der Waals surface area contributed by atoms with Crippen LogP contribution in [-0.4, -0.2) is 77.0 Å². The lowest BCUT2D eigenvalue weighted by molar-refractivity contribution is -0.117. The minimum absolute atomic E-state index is 0.0534. The lowest BCUT2D eigenvalue weighted by atomic mass is 10.2. The maximum atomic E-state index is 12.2. The van der Waals surface area contributed by atoms with E-state index in [-0.39, 0.29) is 11.8 Å². The number of nitrogens with zero attached hydrogens (tertiary/aromatic N) is 2. The predicted octanol–water partition coefficient (Wildman–Crippen LogP) is 1.59. The van der Waals surface area contributed by atoms with Crippen LogP contribution in [0.5, 0.6) is 11.5 Å². The topological polar surface area (TPSA) is 83.1 Å². The molecule has 1 aliphatic heterocycles. The van der Waals surface area contributed by atoms with E-state index in [1.165, 1.54) is 0 Å². The van der Waals surface area contributed by atoms with Gasteiger partial charge in [0.15, 0.2) is 0 Å². The smallest absolute Gasteiger partial charge is 0.374 e. The molecule has 0 aliphatic carbocycles. The van der Waals surface area contributed by atoms with Gasteiger partial charge in [0.2, 0.25) is 11.8 Å². The number of piperazine rings is 1. The molecule has 2 aromatic carbocycles. The summed E-state index contributed by atoms with van der Waals surface area (Å²) in [6.45, 7) is 4.82. The highest BCUT2D eigenvalue weighted by molar-refractivity contribution is 6.00. The van der Waals surface area contributed by atoms with Gasteiger partial charge in [-0.1, -0.05) is 12.1 Å². The normalized spacial score (nSPS) is 14.5. The number of carbonyl (C=O) groups excluding carboxylic acids is 2. The van der Waals surface area contributed by atoms with Crippen LogP contribution in [0.1, 0.15) is 12.8 Å². The Morgan fingerprint density at radius 2 is 1.16 bits per heavy atom. The first-order chi connectivity index (χ1) is 15.6. The van der Waals surface area contributed by atoms with Crippen molar-refractivity contribution < 1.29 is 18.9 Å². The Kier molecular flexibility index (Phi) is 9.01. The summed E-state index contributed by atoms with van der Waals surface area (Å²) in [4.78, 5) is 28.9. The zero-order valence-electron chi connectivity index (χ0n) is 18.0. The van der Waals surface area contributed by atoms with Gasteiger partial charge in [-0.05, 0) is 24.3 Å². The number of amides is 2. The van der Waals surface area contributed by atoms with E-state index in [0.29, 0.717) is 48.8 Å². The third-order valence-electron chi connectivity index (χ3n) is 5.28. The molecule has 0 spiro atoms. The van der Waals surface area contributed by atoms with E-state index in [1.807, 2.05) is 0 Å². The third kappa shape index (κ3) is 7.62. The first-order valence-electron chi connectivity index (χ1n) is 10.5. The number of nitrogens with one attached hydrogen (secondary N) is 2. The Hall–Kier alpha value is -2.97. The van der Waals surface area contributed by atoms with Gasteiger partial charge in [-0.2, -0.15) is 0 Å². The SMILES string of the molecule is [B]Oc1cccc(NC(=O)CCN2CCN(CCC(=O)Nc3cccc(O[B])c3)CC2)c1. The van der Waals surface area contributed by atoms with Crippen molar-refractivity contribution in [3.05, 3.63) is 48.5 Å². The lowest BCUT2D eigenvalue weighted by Crippen LogP contribution is -2.47. The summed E-state index contributed by atoms with van der Waals surface area (Å²) in [5.41, 5.74) is 1.31. The maximum Gasteiger partial charge on any atom is 0.374 e. The van der Waals surface area contributed by atoms with E-state index in [0.717, 1.165) is 26.2 Å². The molecule has 0 atom stereocenters. The molecule has 3 rings (SSSR count). The molecule has 2 N–H and O–H groups in total. The fourth-order valence-electron chi connectivity index (χ4n) is 3.50. The molecule has 0 aromatic heterocycles. The van der Waals surface area contributed by atoms with E-state index in [4.69, 9.17) is 16.1 Å². The van der Waals surface area contributed by atoms with Crippen LogP contribution < -0.4 is 19.9 Å². The highest BCUT2D eigenvalue weighted by atomic mass is 16.4. The Morgan fingerprint density at radius 1 is 0.750 bits per heavy atom. The van der Waals surface area contributed by atoms with E-state index in [1.54, 1.807) is 48.5 Å². The number of rotatable bonds is 10. The number of hydrogen-bond acceptors (Lipinski definition) is 6. The van der Waals surface area contributed by atoms with Crippen LogP contribution in [-0.2, 0) is 9.59 Å². The molecule has 0 saturated carbocycles. The van der Waals surface area contributed by atoms with Crippen molar-refractivity contribution in [2.24, 2.45) is 0 Å². The van der Waals surface area contributed by atoms with Crippen LogP contribution >= 0.6 is 0 Å². The molecule has 4 radical (unpaired) electrons. The van der Waals surface area contributed by atoms with Crippen molar-refractivity contribution in [1.82, 2.24) is 9.80 Å². The van der Waals surface area contributed by atoms with Crippen molar-refractivity contribution in [2.45, 2.75) is 12.8 Å². The molecule has 32 heavy (non-hydrogen) atoms. The number of anilines is 2. The zero-order valence-corrected chi connectivity index (χ0v) is 18.0. The Morgan fingerprint density at radius 3 is 1.53 bits per heavy atom. The molecular weight excluding hydrogens is 406 g/mol. The van der Waals surface area contributed by atoms with E-state index >= 15 is 0 Å². The molecule has 0 unspecified atom stereocenters. The average Bonchev–Trinajstić information content (AvgIpc) is 2.82. The third-order valence-corrected chi connectivity index (χ3v) is 5.28. The molecule has 164 valence electrons. The molecule has 1 saturated heterocycles. The summed E-state index contributed by atoms with van der Waals surface area (Å²) in [6, 6.07) is 13.9. The fraction of sp³-hybridized carbons (Fsp3) is 0.364. The van der Waals surface area contributed by atoms with Gasteiger partial charge < -0.3 is 29.7 Å². The van der Waals surface area contributed by atoms with E-state index in [2.05, 4.69) is 29.7 Å². The Labute approximate surface area is 191 Å². The fourth-order valence-corrected chi connectivity index (χ4v) is 3.50. The maximum absolute atomic E-state index is 12.2.